The quantitative estimate of drug-likeness (QED) is 0.230. The van der Waals surface area contributed by atoms with E-state index >= 15 is 0 Å². The van der Waals surface area contributed by atoms with Crippen LogP contribution in [0.3, 0.4) is 0 Å². The van der Waals surface area contributed by atoms with Gasteiger partial charge in [-0.1, -0.05) is 6.92 Å². The summed E-state index contributed by atoms with van der Waals surface area (Å²) in [5.41, 5.74) is 0.948. The number of ether oxygens (including phenoxy) is 4. The van der Waals surface area contributed by atoms with E-state index < -0.39 is 0 Å². The third-order valence-corrected chi connectivity index (χ3v) is 5.49. The lowest BCUT2D eigenvalue weighted by Gasteiger charge is -2.15. The monoisotopic (exact) mass is 531 g/mol. The fourth-order valence-corrected chi connectivity index (χ4v) is 3.55. The van der Waals surface area contributed by atoms with Gasteiger partial charge in [0, 0.05) is 44.0 Å². The predicted octanol–water partition coefficient (Wildman–Crippen LogP) is 3.82. The average molecular weight is 531 g/mol. The third kappa shape index (κ3) is 7.16. The Morgan fingerprint density at radius 1 is 1.17 bits per heavy atom. The second-order valence-corrected chi connectivity index (χ2v) is 8.09. The van der Waals surface area contributed by atoms with Crippen LogP contribution in [0, 0.1) is 5.92 Å². The van der Waals surface area contributed by atoms with Gasteiger partial charge in [-0.3, -0.25) is 4.99 Å². The summed E-state index contributed by atoms with van der Waals surface area (Å²) in [5, 5.41) is 6.94. The lowest BCUT2D eigenvalue weighted by molar-refractivity contribution is 0.0171. The number of benzene rings is 1. The largest absolute Gasteiger partial charge is 0.490 e. The number of anilines is 1. The van der Waals surface area contributed by atoms with Crippen LogP contribution in [0.1, 0.15) is 39.0 Å². The van der Waals surface area contributed by atoms with Gasteiger partial charge in [0.25, 0.3) is 0 Å². The average Bonchev–Trinajstić information content (AvgIpc) is 3.25. The lowest BCUT2D eigenvalue weighted by atomic mass is 10.2. The Kier molecular flexibility index (Phi) is 9.32. The van der Waals surface area contributed by atoms with Crippen LogP contribution in [-0.2, 0) is 9.47 Å². The van der Waals surface area contributed by atoms with Crippen molar-refractivity contribution in [2.45, 2.75) is 51.2 Å². The van der Waals surface area contributed by atoms with Crippen molar-refractivity contribution in [3.8, 4) is 11.5 Å². The Labute approximate surface area is 196 Å². The molecule has 1 aromatic rings. The van der Waals surface area contributed by atoms with Gasteiger partial charge in [-0.15, -0.1) is 24.0 Å². The van der Waals surface area contributed by atoms with Crippen molar-refractivity contribution < 1.29 is 18.9 Å². The Hall–Kier alpha value is -1.26. The maximum absolute atomic E-state index is 5.80. The minimum Gasteiger partial charge on any atom is -0.490 e. The van der Waals surface area contributed by atoms with Crippen LogP contribution in [0.2, 0.25) is 0 Å². The Bertz CT molecular complexity index is 697. The van der Waals surface area contributed by atoms with Crippen LogP contribution in [0.15, 0.2) is 23.2 Å². The first-order valence-corrected chi connectivity index (χ1v) is 10.9. The van der Waals surface area contributed by atoms with Crippen LogP contribution in [0.25, 0.3) is 0 Å². The van der Waals surface area contributed by atoms with E-state index in [1.165, 1.54) is 6.42 Å². The molecule has 0 amide bonds. The highest BCUT2D eigenvalue weighted by Gasteiger charge is 2.33. The van der Waals surface area contributed by atoms with Crippen molar-refractivity contribution in [3.63, 3.8) is 0 Å². The standard InChI is InChI=1S/C22H33N3O4.HI/c1-16-13-19(16)25-22(23-8-3-9-26-15-18-5-2-10-27-18)24-17-6-7-20-21(14-17)29-12-4-11-28-20;/h6-7,14,16,18-19H,2-5,8-13,15H2,1H3,(H2,23,24,25);1H. The zero-order valence-electron chi connectivity index (χ0n) is 17.7. The van der Waals surface area contributed by atoms with Crippen molar-refractivity contribution in [1.29, 1.82) is 0 Å². The van der Waals surface area contributed by atoms with Crippen molar-refractivity contribution >= 4 is 35.6 Å². The first-order chi connectivity index (χ1) is 14.3. The van der Waals surface area contributed by atoms with Gasteiger partial charge in [0.1, 0.15) is 0 Å². The summed E-state index contributed by atoms with van der Waals surface area (Å²) in [4.78, 5) is 4.74. The number of rotatable bonds is 8. The fraction of sp³-hybridized carbons (Fsp3) is 0.682. The van der Waals surface area contributed by atoms with Gasteiger partial charge in [-0.2, -0.15) is 0 Å². The van der Waals surface area contributed by atoms with E-state index in [0.717, 1.165) is 55.4 Å². The van der Waals surface area contributed by atoms with Crippen LogP contribution in [-0.4, -0.2) is 57.7 Å². The van der Waals surface area contributed by atoms with E-state index in [4.69, 9.17) is 23.9 Å². The molecule has 1 aromatic carbocycles. The lowest BCUT2D eigenvalue weighted by Crippen LogP contribution is -2.33. The summed E-state index contributed by atoms with van der Waals surface area (Å²) in [5.74, 6) is 3.10. The molecule has 4 rings (SSSR count). The van der Waals surface area contributed by atoms with Gasteiger partial charge < -0.3 is 29.6 Å². The third-order valence-electron chi connectivity index (χ3n) is 5.49. The van der Waals surface area contributed by atoms with Crippen molar-refractivity contribution in [2.75, 3.05) is 44.9 Å². The normalized spacial score (nSPS) is 25.2. The van der Waals surface area contributed by atoms with Crippen LogP contribution >= 0.6 is 24.0 Å². The molecule has 30 heavy (non-hydrogen) atoms. The summed E-state index contributed by atoms with van der Waals surface area (Å²) in [6, 6.07) is 6.45. The molecule has 2 N–H and O–H groups in total. The topological polar surface area (TPSA) is 73.3 Å². The molecule has 2 aliphatic heterocycles. The number of guanidine groups is 1. The Morgan fingerprint density at radius 3 is 2.77 bits per heavy atom. The van der Waals surface area contributed by atoms with E-state index in [9.17, 15) is 0 Å². The highest BCUT2D eigenvalue weighted by atomic mass is 127. The highest BCUT2D eigenvalue weighted by Crippen LogP contribution is 2.33. The van der Waals surface area contributed by atoms with Gasteiger partial charge in [-0.25, -0.2) is 0 Å². The Balaban J connectivity index is 0.00000256. The van der Waals surface area contributed by atoms with Gasteiger partial charge >= 0.3 is 0 Å². The number of aliphatic imine (C=N–C) groups is 1. The number of nitrogens with one attached hydrogen (secondary N) is 2. The van der Waals surface area contributed by atoms with Gasteiger partial charge in [-0.05, 0) is 43.7 Å². The molecule has 2 heterocycles. The number of halogens is 1. The van der Waals surface area contributed by atoms with Gasteiger partial charge in [0.15, 0.2) is 17.5 Å². The van der Waals surface area contributed by atoms with E-state index in [0.29, 0.717) is 44.9 Å². The maximum atomic E-state index is 5.80. The van der Waals surface area contributed by atoms with Crippen molar-refractivity contribution in [1.82, 2.24) is 5.32 Å². The molecule has 0 aromatic heterocycles. The molecule has 168 valence electrons. The molecular formula is C22H34IN3O4. The molecule has 0 spiro atoms. The van der Waals surface area contributed by atoms with E-state index in [2.05, 4.69) is 17.6 Å². The van der Waals surface area contributed by atoms with E-state index in [1.807, 2.05) is 18.2 Å². The molecule has 0 radical (unpaired) electrons. The molecule has 3 unspecified atom stereocenters. The number of hydrogen-bond acceptors (Lipinski definition) is 5. The van der Waals surface area contributed by atoms with Crippen LogP contribution in [0.5, 0.6) is 11.5 Å². The fourth-order valence-electron chi connectivity index (χ4n) is 3.55. The minimum absolute atomic E-state index is 0. The summed E-state index contributed by atoms with van der Waals surface area (Å²) in [7, 11) is 0. The molecule has 3 atom stereocenters. The molecule has 1 aliphatic carbocycles. The molecule has 2 fully saturated rings. The molecule has 8 heteroatoms. The predicted molar refractivity (Wildman–Crippen MR) is 129 cm³/mol. The van der Waals surface area contributed by atoms with Crippen molar-refractivity contribution in [2.24, 2.45) is 10.9 Å². The van der Waals surface area contributed by atoms with Gasteiger partial charge in [0.2, 0.25) is 0 Å². The number of fused-ring (bicyclic) bond motifs is 1. The molecule has 7 nitrogen and oxygen atoms in total. The first-order valence-electron chi connectivity index (χ1n) is 10.9. The van der Waals surface area contributed by atoms with Gasteiger partial charge in [0.05, 0.1) is 25.9 Å². The zero-order chi connectivity index (χ0) is 19.9. The summed E-state index contributed by atoms with van der Waals surface area (Å²) < 4.78 is 22.8. The maximum Gasteiger partial charge on any atom is 0.196 e. The highest BCUT2D eigenvalue weighted by molar-refractivity contribution is 14.0. The number of nitrogens with zero attached hydrogens (tertiary/aromatic N) is 1. The first kappa shape index (κ1) is 23.4. The van der Waals surface area contributed by atoms with Crippen molar-refractivity contribution in [3.05, 3.63) is 18.2 Å². The molecule has 3 aliphatic rings. The van der Waals surface area contributed by atoms with Crippen LogP contribution in [0.4, 0.5) is 5.69 Å². The summed E-state index contributed by atoms with van der Waals surface area (Å²) in [6.45, 7) is 6.63. The molecule has 0 bridgehead atoms. The Morgan fingerprint density at radius 2 is 2.00 bits per heavy atom. The minimum atomic E-state index is 0. The zero-order valence-corrected chi connectivity index (χ0v) is 20.1. The number of hydrogen-bond donors (Lipinski definition) is 2. The summed E-state index contributed by atoms with van der Waals surface area (Å²) >= 11 is 0. The van der Waals surface area contributed by atoms with Crippen LogP contribution < -0.4 is 20.1 Å². The SMILES string of the molecule is CC1CC1NC(=NCCCOCC1CCCO1)Nc1ccc2c(c1)OCCCO2.I. The molecular weight excluding hydrogens is 497 g/mol. The van der Waals surface area contributed by atoms with E-state index in [1.54, 1.807) is 0 Å². The van der Waals surface area contributed by atoms with E-state index in [-0.39, 0.29) is 30.1 Å². The second kappa shape index (κ2) is 12.0. The molecule has 1 saturated heterocycles. The molecule has 1 saturated carbocycles. The second-order valence-electron chi connectivity index (χ2n) is 8.09. The smallest absolute Gasteiger partial charge is 0.196 e. The summed E-state index contributed by atoms with van der Waals surface area (Å²) in [6.07, 6.45) is 5.53.